The quantitative estimate of drug-likeness (QED) is 0.853. The number of benzene rings is 1. The number of rotatable bonds is 4. The van der Waals surface area contributed by atoms with Crippen LogP contribution in [0.3, 0.4) is 0 Å². The van der Waals surface area contributed by atoms with Crippen LogP contribution in [-0.2, 0) is 4.79 Å². The summed E-state index contributed by atoms with van der Waals surface area (Å²) in [7, 11) is 1.62. The van der Waals surface area contributed by atoms with Gasteiger partial charge in [0.2, 0.25) is 5.91 Å². The Labute approximate surface area is 108 Å². The molecule has 2 N–H and O–H groups in total. The van der Waals surface area contributed by atoms with Crippen LogP contribution in [-0.4, -0.2) is 19.5 Å². The standard InChI is InChI=1S/C14H19N3O/c1-10-6-5-7-11(8-15)12(10)17-9-14(2,3)13(18)16-4/h5-7,17H,9H2,1-4H3,(H,16,18). The highest BCUT2D eigenvalue weighted by Gasteiger charge is 2.26. The monoisotopic (exact) mass is 245 g/mol. The number of nitriles is 1. The van der Waals surface area contributed by atoms with Gasteiger partial charge in [0.1, 0.15) is 6.07 Å². The van der Waals surface area contributed by atoms with Crippen molar-refractivity contribution in [3.63, 3.8) is 0 Å². The maximum Gasteiger partial charge on any atom is 0.227 e. The number of nitrogens with zero attached hydrogens (tertiary/aromatic N) is 1. The van der Waals surface area contributed by atoms with Gasteiger partial charge in [0, 0.05) is 13.6 Å². The molecule has 1 amide bonds. The van der Waals surface area contributed by atoms with Gasteiger partial charge in [-0.2, -0.15) is 5.26 Å². The summed E-state index contributed by atoms with van der Waals surface area (Å²) in [4.78, 5) is 11.7. The summed E-state index contributed by atoms with van der Waals surface area (Å²) < 4.78 is 0. The molecule has 0 saturated heterocycles. The number of carbonyl (C=O) groups is 1. The number of amides is 1. The van der Waals surface area contributed by atoms with Crippen LogP contribution in [0.2, 0.25) is 0 Å². The van der Waals surface area contributed by atoms with Gasteiger partial charge >= 0.3 is 0 Å². The highest BCUT2D eigenvalue weighted by atomic mass is 16.2. The van der Waals surface area contributed by atoms with Gasteiger partial charge in [-0.3, -0.25) is 4.79 Å². The van der Waals surface area contributed by atoms with E-state index in [-0.39, 0.29) is 5.91 Å². The van der Waals surface area contributed by atoms with Crippen molar-refractivity contribution >= 4 is 11.6 Å². The molecule has 4 heteroatoms. The zero-order chi connectivity index (χ0) is 13.8. The molecule has 4 nitrogen and oxygen atoms in total. The van der Waals surface area contributed by atoms with Crippen LogP contribution in [0.25, 0.3) is 0 Å². The summed E-state index contributed by atoms with van der Waals surface area (Å²) in [5, 5.41) is 14.9. The van der Waals surface area contributed by atoms with Gasteiger partial charge < -0.3 is 10.6 Å². The summed E-state index contributed by atoms with van der Waals surface area (Å²) in [5.41, 5.74) is 1.88. The summed E-state index contributed by atoms with van der Waals surface area (Å²) in [6, 6.07) is 7.71. The number of para-hydroxylation sites is 1. The van der Waals surface area contributed by atoms with Gasteiger partial charge in [-0.25, -0.2) is 0 Å². The smallest absolute Gasteiger partial charge is 0.227 e. The molecule has 96 valence electrons. The maximum atomic E-state index is 11.7. The van der Waals surface area contributed by atoms with E-state index in [2.05, 4.69) is 16.7 Å². The molecule has 1 rings (SSSR count). The molecule has 0 aliphatic heterocycles. The first-order chi connectivity index (χ1) is 8.42. The van der Waals surface area contributed by atoms with Crippen LogP contribution >= 0.6 is 0 Å². The molecule has 0 bridgehead atoms. The van der Waals surface area contributed by atoms with Gasteiger partial charge in [0.05, 0.1) is 16.7 Å². The van der Waals surface area contributed by atoms with Crippen molar-refractivity contribution in [1.82, 2.24) is 5.32 Å². The van der Waals surface area contributed by atoms with Crippen molar-refractivity contribution in [3.05, 3.63) is 29.3 Å². The lowest BCUT2D eigenvalue weighted by molar-refractivity contribution is -0.128. The normalized spacial score (nSPS) is 10.6. The van der Waals surface area contributed by atoms with Gasteiger partial charge in [0.25, 0.3) is 0 Å². The molecule has 0 saturated carbocycles. The molecule has 0 aromatic heterocycles. The largest absolute Gasteiger partial charge is 0.383 e. The molecule has 0 unspecified atom stereocenters. The Balaban J connectivity index is 2.88. The van der Waals surface area contributed by atoms with Crippen molar-refractivity contribution < 1.29 is 4.79 Å². The Kier molecular flexibility index (Phi) is 4.33. The van der Waals surface area contributed by atoms with E-state index in [1.54, 1.807) is 13.1 Å². The van der Waals surface area contributed by atoms with E-state index in [0.29, 0.717) is 12.1 Å². The minimum absolute atomic E-state index is 0.0258. The Bertz CT molecular complexity index is 486. The zero-order valence-corrected chi connectivity index (χ0v) is 11.3. The predicted octanol–water partition coefficient (Wildman–Crippen LogP) is 2.05. The average molecular weight is 245 g/mol. The number of nitrogens with one attached hydrogen (secondary N) is 2. The molecule has 18 heavy (non-hydrogen) atoms. The highest BCUT2D eigenvalue weighted by Crippen LogP contribution is 2.22. The van der Waals surface area contributed by atoms with Crippen molar-refractivity contribution in [2.24, 2.45) is 5.41 Å². The second-order valence-corrected chi connectivity index (χ2v) is 4.93. The molecule has 0 aliphatic carbocycles. The predicted molar refractivity (Wildman–Crippen MR) is 72.2 cm³/mol. The van der Waals surface area contributed by atoms with E-state index >= 15 is 0 Å². The van der Waals surface area contributed by atoms with Crippen LogP contribution in [0.5, 0.6) is 0 Å². The zero-order valence-electron chi connectivity index (χ0n) is 11.3. The Morgan fingerprint density at radius 3 is 2.67 bits per heavy atom. The topological polar surface area (TPSA) is 64.9 Å². The Morgan fingerprint density at radius 2 is 2.11 bits per heavy atom. The first kappa shape index (κ1) is 14.0. The van der Waals surface area contributed by atoms with Gasteiger partial charge in [-0.15, -0.1) is 0 Å². The van der Waals surface area contributed by atoms with Crippen molar-refractivity contribution in [2.45, 2.75) is 20.8 Å². The summed E-state index contributed by atoms with van der Waals surface area (Å²) in [6.07, 6.45) is 0. The first-order valence-electron chi connectivity index (χ1n) is 5.88. The van der Waals surface area contributed by atoms with Crippen molar-refractivity contribution in [3.8, 4) is 6.07 Å². The lowest BCUT2D eigenvalue weighted by atomic mass is 9.92. The van der Waals surface area contributed by atoms with E-state index in [0.717, 1.165) is 11.3 Å². The van der Waals surface area contributed by atoms with Crippen LogP contribution in [0, 0.1) is 23.7 Å². The molecular weight excluding hydrogens is 226 g/mol. The molecule has 0 spiro atoms. The molecule has 0 heterocycles. The third-order valence-corrected chi connectivity index (χ3v) is 2.94. The summed E-state index contributed by atoms with van der Waals surface area (Å²) >= 11 is 0. The van der Waals surface area contributed by atoms with Crippen molar-refractivity contribution in [1.29, 1.82) is 5.26 Å². The molecule has 0 fully saturated rings. The first-order valence-corrected chi connectivity index (χ1v) is 5.88. The number of hydrogen-bond acceptors (Lipinski definition) is 3. The highest BCUT2D eigenvalue weighted by molar-refractivity contribution is 5.82. The maximum absolute atomic E-state index is 11.7. The minimum Gasteiger partial charge on any atom is -0.383 e. The summed E-state index contributed by atoms with van der Waals surface area (Å²) in [5.74, 6) is -0.0258. The van der Waals surface area contributed by atoms with Gasteiger partial charge in [-0.1, -0.05) is 12.1 Å². The number of anilines is 1. The van der Waals surface area contributed by atoms with Crippen molar-refractivity contribution in [2.75, 3.05) is 18.9 Å². The number of aryl methyl sites for hydroxylation is 1. The van der Waals surface area contributed by atoms with Gasteiger partial charge in [0.15, 0.2) is 0 Å². The average Bonchev–Trinajstić information content (AvgIpc) is 2.35. The number of hydrogen-bond donors (Lipinski definition) is 2. The second kappa shape index (κ2) is 5.54. The minimum atomic E-state index is -0.524. The van der Waals surface area contributed by atoms with E-state index in [9.17, 15) is 4.79 Å². The Morgan fingerprint density at radius 1 is 1.44 bits per heavy atom. The molecule has 0 atom stereocenters. The lowest BCUT2D eigenvalue weighted by Crippen LogP contribution is -2.39. The molecule has 1 aromatic carbocycles. The van der Waals surface area contributed by atoms with Crippen LogP contribution in [0.4, 0.5) is 5.69 Å². The van der Waals surface area contributed by atoms with Crippen LogP contribution in [0.1, 0.15) is 25.0 Å². The van der Waals surface area contributed by atoms with Crippen LogP contribution < -0.4 is 10.6 Å². The Hall–Kier alpha value is -2.02. The lowest BCUT2D eigenvalue weighted by Gasteiger charge is -2.24. The fourth-order valence-corrected chi connectivity index (χ4v) is 1.72. The molecule has 1 aromatic rings. The van der Waals surface area contributed by atoms with E-state index < -0.39 is 5.41 Å². The summed E-state index contributed by atoms with van der Waals surface area (Å²) in [6.45, 7) is 6.15. The SMILES string of the molecule is CNC(=O)C(C)(C)CNc1c(C)cccc1C#N. The fourth-order valence-electron chi connectivity index (χ4n) is 1.72. The van der Waals surface area contributed by atoms with Crippen LogP contribution in [0.15, 0.2) is 18.2 Å². The van der Waals surface area contributed by atoms with E-state index in [4.69, 9.17) is 5.26 Å². The van der Waals surface area contributed by atoms with Gasteiger partial charge in [-0.05, 0) is 32.4 Å². The third kappa shape index (κ3) is 3.01. The molecule has 0 radical (unpaired) electrons. The van der Waals surface area contributed by atoms with E-state index in [1.807, 2.05) is 32.9 Å². The number of carbonyl (C=O) groups excluding carboxylic acids is 1. The second-order valence-electron chi connectivity index (χ2n) is 4.93. The molecular formula is C14H19N3O. The molecule has 0 aliphatic rings. The van der Waals surface area contributed by atoms with E-state index in [1.165, 1.54) is 0 Å². The third-order valence-electron chi connectivity index (χ3n) is 2.94. The fraction of sp³-hybridized carbons (Fsp3) is 0.429.